The standard InChI is InChI=1S/C23H28FN7O2/c1-14-9-17(22-28-30-31(29-22)13-15-3-6-18(25)7-4-15)11-20(27-14)23(32)26-12-16-5-8-19(24)21(10-16)33-2/h5,8-11,15,18H,3-4,6-7,12-13,25H2,1-2H3,(H,26,32)/t15-,18-. The van der Waals surface area contributed by atoms with E-state index in [4.69, 9.17) is 10.5 Å². The topological polar surface area (TPSA) is 121 Å². The molecular weight excluding hydrogens is 425 g/mol. The van der Waals surface area contributed by atoms with Crippen LogP contribution >= 0.6 is 0 Å². The van der Waals surface area contributed by atoms with Crippen molar-refractivity contribution in [2.45, 2.75) is 51.7 Å². The van der Waals surface area contributed by atoms with Gasteiger partial charge >= 0.3 is 0 Å². The van der Waals surface area contributed by atoms with Gasteiger partial charge < -0.3 is 15.8 Å². The molecule has 1 amide bonds. The highest BCUT2D eigenvalue weighted by Crippen LogP contribution is 2.24. The Morgan fingerprint density at radius 3 is 2.79 bits per heavy atom. The van der Waals surface area contributed by atoms with Crippen LogP contribution in [0.15, 0.2) is 30.3 Å². The molecule has 0 saturated heterocycles. The highest BCUT2D eigenvalue weighted by atomic mass is 19.1. The smallest absolute Gasteiger partial charge is 0.270 e. The van der Waals surface area contributed by atoms with Crippen LogP contribution in [0.4, 0.5) is 4.39 Å². The summed E-state index contributed by atoms with van der Waals surface area (Å²) >= 11 is 0. The maximum atomic E-state index is 13.6. The summed E-state index contributed by atoms with van der Waals surface area (Å²) in [6.07, 6.45) is 4.19. The summed E-state index contributed by atoms with van der Waals surface area (Å²) < 4.78 is 18.6. The number of hydrogen-bond donors (Lipinski definition) is 2. The van der Waals surface area contributed by atoms with Crippen molar-refractivity contribution in [3.63, 3.8) is 0 Å². The van der Waals surface area contributed by atoms with Crippen molar-refractivity contribution in [1.29, 1.82) is 0 Å². The first-order valence-electron chi connectivity index (χ1n) is 11.0. The number of aryl methyl sites for hydroxylation is 1. The number of methoxy groups -OCH3 is 1. The van der Waals surface area contributed by atoms with Gasteiger partial charge in [-0.05, 0) is 73.6 Å². The number of nitrogens with one attached hydrogen (secondary N) is 1. The molecule has 1 aliphatic carbocycles. The highest BCUT2D eigenvalue weighted by Gasteiger charge is 2.20. The Kier molecular flexibility index (Phi) is 6.93. The Hall–Kier alpha value is -3.40. The second-order valence-electron chi connectivity index (χ2n) is 8.48. The van der Waals surface area contributed by atoms with Crippen LogP contribution in [-0.4, -0.2) is 44.3 Å². The number of nitrogens with two attached hydrogens (primary N) is 1. The fraction of sp³-hybridized carbons (Fsp3) is 0.435. The number of benzene rings is 1. The van der Waals surface area contributed by atoms with Crippen LogP contribution in [-0.2, 0) is 13.1 Å². The molecule has 174 valence electrons. The van der Waals surface area contributed by atoms with Crippen molar-refractivity contribution in [2.24, 2.45) is 11.7 Å². The van der Waals surface area contributed by atoms with E-state index >= 15 is 0 Å². The Balaban J connectivity index is 1.43. The van der Waals surface area contributed by atoms with Gasteiger partial charge in [-0.15, -0.1) is 10.2 Å². The number of pyridine rings is 1. The van der Waals surface area contributed by atoms with Gasteiger partial charge in [0.1, 0.15) is 5.69 Å². The van der Waals surface area contributed by atoms with Crippen LogP contribution in [0.25, 0.3) is 11.4 Å². The van der Waals surface area contributed by atoms with Crippen LogP contribution in [0.5, 0.6) is 5.75 Å². The summed E-state index contributed by atoms with van der Waals surface area (Å²) in [5, 5.41) is 15.7. The molecule has 0 radical (unpaired) electrons. The van der Waals surface area contributed by atoms with E-state index in [-0.39, 0.29) is 23.9 Å². The molecule has 3 N–H and O–H groups in total. The molecule has 4 rings (SSSR count). The van der Waals surface area contributed by atoms with Crippen LogP contribution < -0.4 is 15.8 Å². The Morgan fingerprint density at radius 2 is 2.03 bits per heavy atom. The third-order valence-electron chi connectivity index (χ3n) is 5.88. The lowest BCUT2D eigenvalue weighted by Gasteiger charge is -2.25. The molecule has 10 heteroatoms. The first-order chi connectivity index (χ1) is 15.9. The number of rotatable bonds is 7. The number of carbonyl (C=O) groups is 1. The molecule has 2 aromatic heterocycles. The number of tetrazole rings is 1. The molecule has 0 aliphatic heterocycles. The van der Waals surface area contributed by atoms with Crippen LogP contribution in [0.2, 0.25) is 0 Å². The largest absolute Gasteiger partial charge is 0.494 e. The molecule has 1 aromatic carbocycles. The second kappa shape index (κ2) is 10.0. The van der Waals surface area contributed by atoms with Gasteiger partial charge in [0.15, 0.2) is 11.6 Å². The van der Waals surface area contributed by atoms with Gasteiger partial charge in [-0.1, -0.05) is 6.07 Å². The first-order valence-corrected chi connectivity index (χ1v) is 11.0. The molecule has 0 bridgehead atoms. The van der Waals surface area contributed by atoms with E-state index in [1.165, 1.54) is 13.2 Å². The Labute approximate surface area is 191 Å². The summed E-state index contributed by atoms with van der Waals surface area (Å²) in [4.78, 5) is 18.7. The molecule has 1 aliphatic rings. The van der Waals surface area contributed by atoms with Crippen molar-refractivity contribution in [1.82, 2.24) is 30.5 Å². The van der Waals surface area contributed by atoms with Crippen LogP contribution in [0.3, 0.4) is 0 Å². The van der Waals surface area contributed by atoms with E-state index < -0.39 is 5.82 Å². The molecule has 0 spiro atoms. The average Bonchev–Trinajstić information content (AvgIpc) is 3.28. The third-order valence-corrected chi connectivity index (χ3v) is 5.88. The molecule has 9 nitrogen and oxygen atoms in total. The zero-order chi connectivity index (χ0) is 23.4. The number of ether oxygens (including phenoxy) is 1. The number of amides is 1. The quantitative estimate of drug-likeness (QED) is 0.564. The third kappa shape index (κ3) is 5.70. The molecular formula is C23H28FN7O2. The van der Waals surface area contributed by atoms with Gasteiger partial charge in [0.05, 0.1) is 13.7 Å². The van der Waals surface area contributed by atoms with Crippen LogP contribution in [0.1, 0.15) is 47.4 Å². The number of halogens is 1. The molecule has 1 fully saturated rings. The summed E-state index contributed by atoms with van der Waals surface area (Å²) in [6.45, 7) is 2.72. The van der Waals surface area contributed by atoms with E-state index in [2.05, 4.69) is 25.7 Å². The number of nitrogens with zero attached hydrogens (tertiary/aromatic N) is 5. The molecule has 3 aromatic rings. The maximum absolute atomic E-state index is 13.6. The van der Waals surface area contributed by atoms with E-state index in [0.717, 1.165) is 25.7 Å². The SMILES string of the molecule is COc1cc(CNC(=O)c2cc(-c3nnn(C[C@H]4CC[C@H](N)CC4)n3)cc(C)n2)ccc1F. The van der Waals surface area contributed by atoms with Crippen LogP contribution in [0, 0.1) is 18.7 Å². The van der Waals surface area contributed by atoms with Gasteiger partial charge in [0.2, 0.25) is 5.82 Å². The van der Waals surface area contributed by atoms with Crippen molar-refractivity contribution >= 4 is 5.91 Å². The minimum absolute atomic E-state index is 0.128. The lowest BCUT2D eigenvalue weighted by molar-refractivity contribution is 0.0945. The molecule has 0 unspecified atom stereocenters. The highest BCUT2D eigenvalue weighted by molar-refractivity contribution is 5.93. The molecule has 2 heterocycles. The minimum Gasteiger partial charge on any atom is -0.494 e. The van der Waals surface area contributed by atoms with E-state index in [1.807, 2.05) is 6.07 Å². The number of carbonyl (C=O) groups excluding carboxylic acids is 1. The fourth-order valence-corrected chi connectivity index (χ4v) is 4.04. The average molecular weight is 454 g/mol. The summed E-state index contributed by atoms with van der Waals surface area (Å²) in [7, 11) is 1.40. The van der Waals surface area contributed by atoms with Gasteiger partial charge in [0.25, 0.3) is 5.91 Å². The Bertz CT molecular complexity index is 1130. The van der Waals surface area contributed by atoms with E-state index in [1.54, 1.807) is 29.9 Å². The molecule has 33 heavy (non-hydrogen) atoms. The van der Waals surface area contributed by atoms with E-state index in [0.29, 0.717) is 41.1 Å². The van der Waals surface area contributed by atoms with Crippen molar-refractivity contribution in [2.75, 3.05) is 7.11 Å². The predicted octanol–water partition coefficient (Wildman–Crippen LogP) is 2.64. The lowest BCUT2D eigenvalue weighted by atomic mass is 9.86. The zero-order valence-corrected chi connectivity index (χ0v) is 18.8. The predicted molar refractivity (Wildman–Crippen MR) is 120 cm³/mol. The molecule has 1 saturated carbocycles. The minimum atomic E-state index is -0.454. The molecule has 0 atom stereocenters. The van der Waals surface area contributed by atoms with Gasteiger partial charge in [-0.2, -0.15) is 4.80 Å². The number of hydrogen-bond acceptors (Lipinski definition) is 7. The maximum Gasteiger partial charge on any atom is 0.270 e. The Morgan fingerprint density at radius 1 is 1.24 bits per heavy atom. The van der Waals surface area contributed by atoms with Gasteiger partial charge in [-0.3, -0.25) is 4.79 Å². The monoisotopic (exact) mass is 453 g/mol. The number of aromatic nitrogens is 5. The fourth-order valence-electron chi connectivity index (χ4n) is 4.04. The van der Waals surface area contributed by atoms with Crippen molar-refractivity contribution in [3.05, 3.63) is 53.1 Å². The normalized spacial score (nSPS) is 18.2. The summed E-state index contributed by atoms with van der Waals surface area (Å²) in [6, 6.07) is 8.22. The first kappa shape index (κ1) is 22.8. The second-order valence-corrected chi connectivity index (χ2v) is 8.48. The van der Waals surface area contributed by atoms with Crippen molar-refractivity contribution < 1.29 is 13.9 Å². The van der Waals surface area contributed by atoms with Crippen molar-refractivity contribution in [3.8, 4) is 17.1 Å². The van der Waals surface area contributed by atoms with E-state index in [9.17, 15) is 9.18 Å². The lowest BCUT2D eigenvalue weighted by Crippen LogP contribution is -2.28. The van der Waals surface area contributed by atoms with Gasteiger partial charge in [-0.25, -0.2) is 9.37 Å². The summed E-state index contributed by atoms with van der Waals surface area (Å²) in [5.41, 5.74) is 8.28. The van der Waals surface area contributed by atoms with Gasteiger partial charge in [0, 0.05) is 23.8 Å². The summed E-state index contributed by atoms with van der Waals surface area (Å²) in [5.74, 6) is 0.269. The zero-order valence-electron chi connectivity index (χ0n) is 18.8.